The number of methoxy groups -OCH3 is 1. The SMILES string of the molecule is COc1ccc(C(=O)N2CCCC(CC3CC3)(C(N)=O)C2)cn1. The number of nitrogens with two attached hydrogens (primary N) is 1. The summed E-state index contributed by atoms with van der Waals surface area (Å²) in [4.78, 5) is 30.6. The van der Waals surface area contributed by atoms with E-state index in [9.17, 15) is 9.59 Å². The van der Waals surface area contributed by atoms with Gasteiger partial charge in [-0.2, -0.15) is 0 Å². The minimum absolute atomic E-state index is 0.0960. The van der Waals surface area contributed by atoms with Gasteiger partial charge in [-0.1, -0.05) is 12.8 Å². The molecular weight excluding hydrogens is 294 g/mol. The Kier molecular flexibility index (Phi) is 4.24. The maximum Gasteiger partial charge on any atom is 0.255 e. The van der Waals surface area contributed by atoms with Crippen LogP contribution in [-0.2, 0) is 4.79 Å². The van der Waals surface area contributed by atoms with E-state index in [1.807, 2.05) is 0 Å². The number of rotatable bonds is 5. The van der Waals surface area contributed by atoms with Crippen molar-refractivity contribution in [2.75, 3.05) is 20.2 Å². The highest BCUT2D eigenvalue weighted by Crippen LogP contribution is 2.44. The standard InChI is InChI=1S/C17H23N3O3/c1-23-14-6-5-13(10-19-14)15(21)20-8-2-7-17(11-20,16(18)22)9-12-3-4-12/h5-6,10,12H,2-4,7-9,11H2,1H3,(H2,18,22). The smallest absolute Gasteiger partial charge is 0.255 e. The molecule has 1 aliphatic carbocycles. The number of hydrogen-bond acceptors (Lipinski definition) is 4. The number of piperidine rings is 1. The molecule has 0 spiro atoms. The van der Waals surface area contributed by atoms with Crippen molar-refractivity contribution in [3.8, 4) is 5.88 Å². The number of nitrogens with zero attached hydrogens (tertiary/aromatic N) is 2. The average Bonchev–Trinajstić information content (AvgIpc) is 3.38. The van der Waals surface area contributed by atoms with Crippen LogP contribution in [0, 0.1) is 11.3 Å². The number of carbonyl (C=O) groups excluding carboxylic acids is 2. The Morgan fingerprint density at radius 3 is 2.78 bits per heavy atom. The van der Waals surface area contributed by atoms with Gasteiger partial charge in [-0.3, -0.25) is 9.59 Å². The molecule has 2 N–H and O–H groups in total. The van der Waals surface area contributed by atoms with Crippen LogP contribution in [0.2, 0.25) is 0 Å². The number of primary amides is 1. The van der Waals surface area contributed by atoms with Crippen molar-refractivity contribution in [1.82, 2.24) is 9.88 Å². The predicted octanol–water partition coefficient (Wildman–Crippen LogP) is 1.60. The molecule has 6 nitrogen and oxygen atoms in total. The Morgan fingerprint density at radius 2 is 2.22 bits per heavy atom. The normalized spacial score (nSPS) is 24.3. The van der Waals surface area contributed by atoms with Gasteiger partial charge in [-0.25, -0.2) is 4.98 Å². The molecular formula is C17H23N3O3. The van der Waals surface area contributed by atoms with Gasteiger partial charge in [-0.15, -0.1) is 0 Å². The molecule has 1 aliphatic heterocycles. The minimum Gasteiger partial charge on any atom is -0.481 e. The number of likely N-dealkylation sites (tertiary alicyclic amines) is 1. The lowest BCUT2D eigenvalue weighted by atomic mass is 9.75. The van der Waals surface area contributed by atoms with Gasteiger partial charge in [0.15, 0.2) is 0 Å². The molecule has 2 fully saturated rings. The number of ether oxygens (including phenoxy) is 1. The molecule has 1 atom stereocenters. The Balaban J connectivity index is 1.75. The molecule has 124 valence electrons. The minimum atomic E-state index is -0.561. The van der Waals surface area contributed by atoms with Crippen LogP contribution in [0.1, 0.15) is 42.5 Å². The summed E-state index contributed by atoms with van der Waals surface area (Å²) in [6.07, 6.45) is 6.26. The maximum atomic E-state index is 12.7. The second kappa shape index (κ2) is 6.18. The first kappa shape index (κ1) is 15.8. The maximum absolute atomic E-state index is 12.7. The molecule has 1 unspecified atom stereocenters. The largest absolute Gasteiger partial charge is 0.481 e. The second-order valence-electron chi connectivity index (χ2n) is 6.71. The van der Waals surface area contributed by atoms with Crippen LogP contribution >= 0.6 is 0 Å². The number of aromatic nitrogens is 1. The predicted molar refractivity (Wildman–Crippen MR) is 84.9 cm³/mol. The molecule has 1 aromatic heterocycles. The van der Waals surface area contributed by atoms with Crippen LogP contribution in [-0.4, -0.2) is 41.9 Å². The van der Waals surface area contributed by atoms with Gasteiger partial charge in [0, 0.05) is 25.4 Å². The van der Waals surface area contributed by atoms with Crippen LogP contribution in [0.3, 0.4) is 0 Å². The highest BCUT2D eigenvalue weighted by Gasteiger charge is 2.45. The van der Waals surface area contributed by atoms with E-state index in [0.29, 0.717) is 30.5 Å². The Morgan fingerprint density at radius 1 is 1.43 bits per heavy atom. The summed E-state index contributed by atoms with van der Waals surface area (Å²) in [6, 6.07) is 3.37. The fourth-order valence-electron chi connectivity index (χ4n) is 3.46. The summed E-state index contributed by atoms with van der Waals surface area (Å²) in [7, 11) is 1.54. The topological polar surface area (TPSA) is 85.5 Å². The lowest BCUT2D eigenvalue weighted by Gasteiger charge is -2.41. The molecule has 0 radical (unpaired) electrons. The van der Waals surface area contributed by atoms with E-state index in [1.165, 1.54) is 26.1 Å². The lowest BCUT2D eigenvalue weighted by molar-refractivity contribution is -0.131. The van der Waals surface area contributed by atoms with Gasteiger partial charge in [0.2, 0.25) is 11.8 Å². The zero-order valence-corrected chi connectivity index (χ0v) is 13.5. The van der Waals surface area contributed by atoms with E-state index in [1.54, 1.807) is 17.0 Å². The van der Waals surface area contributed by atoms with Gasteiger partial charge in [0.05, 0.1) is 18.1 Å². The monoisotopic (exact) mass is 317 g/mol. The van der Waals surface area contributed by atoms with Crippen molar-refractivity contribution in [1.29, 1.82) is 0 Å². The highest BCUT2D eigenvalue weighted by molar-refractivity contribution is 5.94. The summed E-state index contributed by atoms with van der Waals surface area (Å²) in [5, 5.41) is 0. The quantitative estimate of drug-likeness (QED) is 0.894. The van der Waals surface area contributed by atoms with Crippen molar-refractivity contribution in [3.63, 3.8) is 0 Å². The van der Waals surface area contributed by atoms with Crippen LogP contribution in [0.15, 0.2) is 18.3 Å². The number of pyridine rings is 1. The Labute approximate surface area is 136 Å². The molecule has 23 heavy (non-hydrogen) atoms. The van der Waals surface area contributed by atoms with E-state index in [-0.39, 0.29) is 11.8 Å². The van der Waals surface area contributed by atoms with Gasteiger partial charge >= 0.3 is 0 Å². The van der Waals surface area contributed by atoms with Crippen LogP contribution in [0.25, 0.3) is 0 Å². The van der Waals surface area contributed by atoms with Crippen LogP contribution in [0.5, 0.6) is 5.88 Å². The lowest BCUT2D eigenvalue weighted by Crippen LogP contribution is -2.52. The van der Waals surface area contributed by atoms with Crippen molar-refractivity contribution in [3.05, 3.63) is 23.9 Å². The van der Waals surface area contributed by atoms with E-state index in [2.05, 4.69) is 4.98 Å². The molecule has 0 aromatic carbocycles. The third-order valence-corrected chi connectivity index (χ3v) is 4.96. The van der Waals surface area contributed by atoms with Crippen molar-refractivity contribution < 1.29 is 14.3 Å². The van der Waals surface area contributed by atoms with Gasteiger partial charge < -0.3 is 15.4 Å². The van der Waals surface area contributed by atoms with E-state index in [4.69, 9.17) is 10.5 Å². The molecule has 2 amide bonds. The first-order chi connectivity index (χ1) is 11.0. The van der Waals surface area contributed by atoms with Gasteiger partial charge in [0.1, 0.15) is 0 Å². The molecule has 1 saturated carbocycles. The Hall–Kier alpha value is -2.11. The van der Waals surface area contributed by atoms with E-state index < -0.39 is 5.41 Å². The van der Waals surface area contributed by atoms with Crippen molar-refractivity contribution in [2.45, 2.75) is 32.1 Å². The Bertz CT molecular complexity index is 598. The fourth-order valence-corrected chi connectivity index (χ4v) is 3.46. The number of hydrogen-bond donors (Lipinski definition) is 1. The molecule has 1 saturated heterocycles. The fraction of sp³-hybridized carbons (Fsp3) is 0.588. The summed E-state index contributed by atoms with van der Waals surface area (Å²) >= 11 is 0. The molecule has 6 heteroatoms. The summed E-state index contributed by atoms with van der Waals surface area (Å²) < 4.78 is 5.01. The van der Waals surface area contributed by atoms with Crippen LogP contribution in [0.4, 0.5) is 0 Å². The van der Waals surface area contributed by atoms with E-state index >= 15 is 0 Å². The zero-order valence-electron chi connectivity index (χ0n) is 13.5. The third kappa shape index (κ3) is 3.30. The van der Waals surface area contributed by atoms with Crippen molar-refractivity contribution >= 4 is 11.8 Å². The first-order valence-electron chi connectivity index (χ1n) is 8.13. The summed E-state index contributed by atoms with van der Waals surface area (Å²) in [6.45, 7) is 1.08. The van der Waals surface area contributed by atoms with E-state index in [0.717, 1.165) is 19.3 Å². The van der Waals surface area contributed by atoms with Gasteiger partial charge in [-0.05, 0) is 31.2 Å². The van der Waals surface area contributed by atoms with Crippen molar-refractivity contribution in [2.24, 2.45) is 17.1 Å². The molecule has 2 aliphatic rings. The summed E-state index contributed by atoms with van der Waals surface area (Å²) in [5.41, 5.74) is 5.66. The molecule has 1 aromatic rings. The average molecular weight is 317 g/mol. The molecule has 2 heterocycles. The molecule has 0 bridgehead atoms. The highest BCUT2D eigenvalue weighted by atomic mass is 16.5. The number of carbonyl (C=O) groups is 2. The van der Waals surface area contributed by atoms with Gasteiger partial charge in [0.25, 0.3) is 5.91 Å². The zero-order chi connectivity index (χ0) is 16.4. The number of amides is 2. The third-order valence-electron chi connectivity index (χ3n) is 4.96. The second-order valence-corrected chi connectivity index (χ2v) is 6.71. The van der Waals surface area contributed by atoms with Crippen LogP contribution < -0.4 is 10.5 Å². The first-order valence-corrected chi connectivity index (χ1v) is 8.13. The molecule has 3 rings (SSSR count). The summed E-state index contributed by atoms with van der Waals surface area (Å²) in [5.74, 6) is 0.705.